The highest BCUT2D eigenvalue weighted by Gasteiger charge is 2.24. The fourth-order valence-electron chi connectivity index (χ4n) is 5.44. The topological polar surface area (TPSA) is 131 Å². The van der Waals surface area contributed by atoms with E-state index in [-0.39, 0.29) is 69.7 Å². The Kier molecular flexibility index (Phi) is 7.47. The number of Topliss-reactive ketones (excluding diaryl/α,β-unsaturated/α-hetero) is 2. The monoisotopic (exact) mass is 583 g/mol. The summed E-state index contributed by atoms with van der Waals surface area (Å²) in [7, 11) is 0. The Morgan fingerprint density at radius 3 is 1.69 bits per heavy atom. The number of rotatable bonds is 7. The van der Waals surface area contributed by atoms with Crippen molar-refractivity contribution in [3.63, 3.8) is 0 Å². The highest BCUT2D eigenvalue weighted by Crippen LogP contribution is 2.41. The van der Waals surface area contributed by atoms with E-state index >= 15 is 0 Å². The van der Waals surface area contributed by atoms with Gasteiger partial charge in [-0.05, 0) is 85.8 Å². The fourth-order valence-corrected chi connectivity index (χ4v) is 5.57. The second-order valence-corrected chi connectivity index (χ2v) is 11.1. The molecule has 0 saturated heterocycles. The number of phenols is 4. The van der Waals surface area contributed by atoms with Gasteiger partial charge in [0.25, 0.3) is 0 Å². The lowest BCUT2D eigenvalue weighted by atomic mass is 9.92. The van der Waals surface area contributed by atoms with Crippen LogP contribution in [0.4, 0.5) is 0 Å². The first-order valence-corrected chi connectivity index (χ1v) is 13.7. The standard InChI is InChI=1S/C34H30ClNO6/c1-16-11-24(18(3)37)33(41)27(31(16)39)14-26-23-10-7-21(20-5-8-22(35)9-6-20)13-29(23)36-30(26)15-28-32(40)17(2)12-25(19(4)38)34(28)42/h5-13,36,39-42H,14-15H2,1-4H3. The lowest BCUT2D eigenvalue weighted by Crippen LogP contribution is -2.03. The SMILES string of the molecule is CC(=O)c1cc(C)c(O)c(Cc2[nH]c3cc(-c4ccc(Cl)cc4)ccc3c2Cc2c(O)c(C)cc(C(C)=O)c2O)c1O. The first-order chi connectivity index (χ1) is 19.9. The molecular formula is C34H30ClNO6. The van der Waals surface area contributed by atoms with Crippen molar-refractivity contribution in [2.24, 2.45) is 0 Å². The molecule has 0 aliphatic rings. The first-order valence-electron chi connectivity index (χ1n) is 13.4. The normalized spacial score (nSPS) is 11.3. The van der Waals surface area contributed by atoms with Gasteiger partial charge in [0.2, 0.25) is 0 Å². The largest absolute Gasteiger partial charge is 0.507 e. The van der Waals surface area contributed by atoms with Crippen LogP contribution in [0.3, 0.4) is 0 Å². The lowest BCUT2D eigenvalue weighted by Gasteiger charge is -2.15. The maximum absolute atomic E-state index is 12.3. The third-order valence-electron chi connectivity index (χ3n) is 7.76. The van der Waals surface area contributed by atoms with Crippen LogP contribution in [0.2, 0.25) is 5.02 Å². The molecule has 0 aliphatic carbocycles. The van der Waals surface area contributed by atoms with Gasteiger partial charge in [0.05, 0.1) is 11.1 Å². The van der Waals surface area contributed by atoms with Gasteiger partial charge in [0.15, 0.2) is 11.6 Å². The number of hydrogen-bond donors (Lipinski definition) is 5. The van der Waals surface area contributed by atoms with Crippen LogP contribution >= 0.6 is 11.6 Å². The van der Waals surface area contributed by atoms with Gasteiger partial charge in [-0.2, -0.15) is 0 Å². The van der Waals surface area contributed by atoms with Crippen LogP contribution in [0.15, 0.2) is 54.6 Å². The molecule has 0 atom stereocenters. The number of benzene rings is 4. The van der Waals surface area contributed by atoms with E-state index < -0.39 is 0 Å². The van der Waals surface area contributed by atoms with Crippen molar-refractivity contribution in [2.75, 3.05) is 0 Å². The lowest BCUT2D eigenvalue weighted by molar-refractivity contribution is 0.100. The Morgan fingerprint density at radius 2 is 1.17 bits per heavy atom. The summed E-state index contributed by atoms with van der Waals surface area (Å²) >= 11 is 6.08. The zero-order valence-electron chi connectivity index (χ0n) is 23.6. The Balaban J connectivity index is 1.73. The van der Waals surface area contributed by atoms with Gasteiger partial charge < -0.3 is 25.4 Å². The molecule has 42 heavy (non-hydrogen) atoms. The second-order valence-electron chi connectivity index (χ2n) is 10.6. The summed E-state index contributed by atoms with van der Waals surface area (Å²) in [5.41, 5.74) is 5.32. The summed E-state index contributed by atoms with van der Waals surface area (Å²) in [4.78, 5) is 27.9. The molecule has 1 aromatic heterocycles. The number of nitrogens with one attached hydrogen (secondary N) is 1. The van der Waals surface area contributed by atoms with Gasteiger partial charge in [0, 0.05) is 45.6 Å². The number of aryl methyl sites for hydroxylation is 2. The number of ketones is 2. The molecule has 0 bridgehead atoms. The number of fused-ring (bicyclic) bond motifs is 1. The Bertz CT molecular complexity index is 1900. The molecule has 0 aliphatic heterocycles. The van der Waals surface area contributed by atoms with E-state index in [9.17, 15) is 30.0 Å². The molecule has 1 heterocycles. The Hall–Kier alpha value is -4.75. The maximum atomic E-state index is 12.3. The number of carbonyl (C=O) groups excluding carboxylic acids is 2. The average Bonchev–Trinajstić information content (AvgIpc) is 3.28. The van der Waals surface area contributed by atoms with Crippen molar-refractivity contribution in [1.82, 2.24) is 4.98 Å². The number of hydrogen-bond acceptors (Lipinski definition) is 6. The molecule has 8 heteroatoms. The van der Waals surface area contributed by atoms with Crippen LogP contribution in [0.25, 0.3) is 22.0 Å². The van der Waals surface area contributed by atoms with Crippen molar-refractivity contribution >= 4 is 34.1 Å². The highest BCUT2D eigenvalue weighted by atomic mass is 35.5. The molecule has 4 aromatic carbocycles. The molecule has 0 amide bonds. The van der Waals surface area contributed by atoms with Gasteiger partial charge in [-0.1, -0.05) is 35.9 Å². The minimum Gasteiger partial charge on any atom is -0.507 e. The summed E-state index contributed by atoms with van der Waals surface area (Å²) in [5.74, 6) is -1.55. The number of phenolic OH excluding ortho intramolecular Hbond substituents is 4. The van der Waals surface area contributed by atoms with Crippen LogP contribution in [-0.4, -0.2) is 37.0 Å². The Morgan fingerprint density at radius 1 is 0.667 bits per heavy atom. The van der Waals surface area contributed by atoms with Crippen LogP contribution in [0, 0.1) is 13.8 Å². The predicted molar refractivity (Wildman–Crippen MR) is 163 cm³/mol. The fraction of sp³-hybridized carbons (Fsp3) is 0.176. The van der Waals surface area contributed by atoms with Gasteiger partial charge in [-0.25, -0.2) is 0 Å². The number of aromatic nitrogens is 1. The number of H-pyrrole nitrogens is 1. The second kappa shape index (κ2) is 10.9. The van der Waals surface area contributed by atoms with Crippen molar-refractivity contribution in [3.8, 4) is 34.1 Å². The number of aromatic amines is 1. The molecule has 5 aromatic rings. The number of aromatic hydroxyl groups is 4. The molecule has 214 valence electrons. The third-order valence-corrected chi connectivity index (χ3v) is 8.01. The average molecular weight is 584 g/mol. The first kappa shape index (κ1) is 28.8. The summed E-state index contributed by atoms with van der Waals surface area (Å²) in [5, 5.41) is 45.3. The van der Waals surface area contributed by atoms with E-state index in [1.807, 2.05) is 30.3 Å². The van der Waals surface area contributed by atoms with Crippen molar-refractivity contribution in [3.05, 3.63) is 104 Å². The number of halogens is 1. The minimum absolute atomic E-state index is 0.0207. The van der Waals surface area contributed by atoms with Crippen molar-refractivity contribution in [1.29, 1.82) is 0 Å². The van der Waals surface area contributed by atoms with E-state index in [0.29, 0.717) is 27.4 Å². The molecule has 7 nitrogen and oxygen atoms in total. The van der Waals surface area contributed by atoms with Gasteiger partial charge >= 0.3 is 0 Å². The minimum atomic E-state index is -0.340. The maximum Gasteiger partial charge on any atom is 0.163 e. The van der Waals surface area contributed by atoms with E-state index in [4.69, 9.17) is 11.6 Å². The van der Waals surface area contributed by atoms with E-state index in [1.165, 1.54) is 26.0 Å². The van der Waals surface area contributed by atoms with Gasteiger partial charge in [-0.15, -0.1) is 0 Å². The van der Waals surface area contributed by atoms with E-state index in [1.54, 1.807) is 26.0 Å². The molecule has 0 unspecified atom stereocenters. The zero-order valence-corrected chi connectivity index (χ0v) is 24.3. The molecular weight excluding hydrogens is 554 g/mol. The van der Waals surface area contributed by atoms with E-state index in [0.717, 1.165) is 22.0 Å². The van der Waals surface area contributed by atoms with Crippen LogP contribution in [0.1, 0.15) is 68.1 Å². The molecule has 0 spiro atoms. The van der Waals surface area contributed by atoms with Crippen molar-refractivity contribution < 1.29 is 30.0 Å². The molecule has 0 saturated carbocycles. The summed E-state index contributed by atoms with van der Waals surface area (Å²) in [6.45, 7) is 6.01. The predicted octanol–water partition coefficient (Wildman–Crippen LogP) is 7.51. The quantitative estimate of drug-likeness (QED) is 0.126. The van der Waals surface area contributed by atoms with Gasteiger partial charge in [0.1, 0.15) is 23.0 Å². The van der Waals surface area contributed by atoms with E-state index in [2.05, 4.69) is 4.98 Å². The van der Waals surface area contributed by atoms with Crippen LogP contribution in [0.5, 0.6) is 23.0 Å². The van der Waals surface area contributed by atoms with Crippen LogP contribution < -0.4 is 0 Å². The Labute approximate surface area is 247 Å². The highest BCUT2D eigenvalue weighted by molar-refractivity contribution is 6.30. The smallest absolute Gasteiger partial charge is 0.163 e. The van der Waals surface area contributed by atoms with Crippen LogP contribution in [-0.2, 0) is 12.8 Å². The van der Waals surface area contributed by atoms with Crippen molar-refractivity contribution in [2.45, 2.75) is 40.5 Å². The molecule has 5 N–H and O–H groups in total. The molecule has 0 radical (unpaired) electrons. The number of carbonyl (C=O) groups is 2. The summed E-state index contributed by atoms with van der Waals surface area (Å²) in [6, 6.07) is 16.2. The summed E-state index contributed by atoms with van der Waals surface area (Å²) < 4.78 is 0. The van der Waals surface area contributed by atoms with Gasteiger partial charge in [-0.3, -0.25) is 9.59 Å². The molecule has 0 fully saturated rings. The summed E-state index contributed by atoms with van der Waals surface area (Å²) in [6.07, 6.45) is 0.0645. The zero-order chi connectivity index (χ0) is 30.5. The third kappa shape index (κ3) is 5.08. The molecule has 5 rings (SSSR count).